The fourth-order valence-corrected chi connectivity index (χ4v) is 1.99. The Morgan fingerprint density at radius 2 is 2.32 bits per heavy atom. The molecule has 0 saturated carbocycles. The van der Waals surface area contributed by atoms with Gasteiger partial charge in [0.2, 0.25) is 5.91 Å². The molecule has 0 aromatic carbocycles. The summed E-state index contributed by atoms with van der Waals surface area (Å²) in [6, 6.07) is 0. The quantitative estimate of drug-likeness (QED) is 0.764. The van der Waals surface area contributed by atoms with E-state index in [1.54, 1.807) is 11.7 Å². The molecule has 0 radical (unpaired) electrons. The van der Waals surface area contributed by atoms with Crippen LogP contribution >= 0.6 is 11.6 Å². The molecule has 2 N–H and O–H groups in total. The second-order valence-electron chi connectivity index (χ2n) is 4.40. The number of aryl methyl sites for hydroxylation is 2. The van der Waals surface area contributed by atoms with Gasteiger partial charge >= 0.3 is 0 Å². The van der Waals surface area contributed by atoms with E-state index in [2.05, 4.69) is 10.4 Å². The topological polar surface area (TPSA) is 76.4 Å². The number of aliphatic hydroxyl groups is 1. The van der Waals surface area contributed by atoms with Crippen molar-refractivity contribution in [2.75, 3.05) is 20.3 Å². The Kier molecular flexibility index (Phi) is 6.27. The highest BCUT2D eigenvalue weighted by Gasteiger charge is 2.14. The van der Waals surface area contributed by atoms with Crippen molar-refractivity contribution < 1.29 is 14.6 Å². The van der Waals surface area contributed by atoms with Gasteiger partial charge in [-0.25, -0.2) is 0 Å². The zero-order valence-corrected chi connectivity index (χ0v) is 12.2. The molecule has 0 aliphatic rings. The van der Waals surface area contributed by atoms with Crippen molar-refractivity contribution in [2.45, 2.75) is 25.9 Å². The van der Waals surface area contributed by atoms with E-state index in [1.807, 2.05) is 6.92 Å². The number of carbonyl (C=O) groups excluding carboxylic acids is 1. The van der Waals surface area contributed by atoms with Crippen molar-refractivity contribution in [3.63, 3.8) is 0 Å². The summed E-state index contributed by atoms with van der Waals surface area (Å²) in [5, 5.41) is 16.8. The minimum Gasteiger partial charge on any atom is -0.391 e. The van der Waals surface area contributed by atoms with Crippen molar-refractivity contribution in [1.82, 2.24) is 15.1 Å². The molecule has 7 heteroatoms. The number of methoxy groups -OCH3 is 1. The molecular formula is C12H20ClN3O3. The van der Waals surface area contributed by atoms with E-state index >= 15 is 0 Å². The summed E-state index contributed by atoms with van der Waals surface area (Å²) in [4.78, 5) is 11.7. The summed E-state index contributed by atoms with van der Waals surface area (Å²) in [5.74, 6) is -0.136. The Morgan fingerprint density at radius 3 is 2.84 bits per heavy atom. The van der Waals surface area contributed by atoms with Crippen molar-refractivity contribution in [1.29, 1.82) is 0 Å². The van der Waals surface area contributed by atoms with Crippen LogP contribution in [-0.2, 0) is 23.0 Å². The molecule has 6 nitrogen and oxygen atoms in total. The van der Waals surface area contributed by atoms with Gasteiger partial charge in [-0.05, 0) is 13.3 Å². The Hall–Kier alpha value is -1.11. The van der Waals surface area contributed by atoms with Gasteiger partial charge in [0.15, 0.2) is 0 Å². The van der Waals surface area contributed by atoms with Crippen LogP contribution in [0, 0.1) is 6.92 Å². The van der Waals surface area contributed by atoms with E-state index in [-0.39, 0.29) is 18.9 Å². The molecule has 0 aliphatic heterocycles. The maximum Gasteiger partial charge on any atom is 0.224 e. The van der Waals surface area contributed by atoms with Gasteiger partial charge in [0.25, 0.3) is 0 Å². The molecule has 1 unspecified atom stereocenters. The summed E-state index contributed by atoms with van der Waals surface area (Å²) in [6.07, 6.45) is 0.0899. The Balaban J connectivity index is 2.39. The van der Waals surface area contributed by atoms with Crippen LogP contribution < -0.4 is 5.32 Å². The SMILES string of the molecule is COCC(O)CCNC(=O)Cc1c(C)nn(C)c1Cl. The Bertz CT molecular complexity index is 434. The number of halogens is 1. The third-order valence-corrected chi connectivity index (χ3v) is 3.24. The molecule has 1 aromatic heterocycles. The first-order chi connectivity index (χ1) is 8.95. The Morgan fingerprint density at radius 1 is 1.63 bits per heavy atom. The van der Waals surface area contributed by atoms with Gasteiger partial charge in [-0.1, -0.05) is 11.6 Å². The zero-order chi connectivity index (χ0) is 14.4. The van der Waals surface area contributed by atoms with E-state index in [1.165, 1.54) is 7.11 Å². The fraction of sp³-hybridized carbons (Fsp3) is 0.667. The summed E-state index contributed by atoms with van der Waals surface area (Å²) < 4.78 is 6.34. The van der Waals surface area contributed by atoms with Gasteiger partial charge in [-0.15, -0.1) is 0 Å². The molecule has 19 heavy (non-hydrogen) atoms. The number of carbonyl (C=O) groups is 1. The van der Waals surface area contributed by atoms with Crippen molar-refractivity contribution in [3.8, 4) is 0 Å². The lowest BCUT2D eigenvalue weighted by atomic mass is 10.2. The monoisotopic (exact) mass is 289 g/mol. The molecule has 0 spiro atoms. The lowest BCUT2D eigenvalue weighted by Crippen LogP contribution is -2.29. The van der Waals surface area contributed by atoms with Gasteiger partial charge in [-0.3, -0.25) is 9.48 Å². The normalized spacial score (nSPS) is 12.5. The molecule has 1 heterocycles. The fourth-order valence-electron chi connectivity index (χ4n) is 1.75. The lowest BCUT2D eigenvalue weighted by Gasteiger charge is -2.10. The van der Waals surface area contributed by atoms with Crippen LogP contribution in [0.5, 0.6) is 0 Å². The summed E-state index contributed by atoms with van der Waals surface area (Å²) in [5.41, 5.74) is 1.49. The van der Waals surface area contributed by atoms with Crippen LogP contribution in [0.15, 0.2) is 0 Å². The smallest absolute Gasteiger partial charge is 0.224 e. The summed E-state index contributed by atoms with van der Waals surface area (Å²) in [7, 11) is 3.26. The minimum atomic E-state index is -0.561. The first-order valence-electron chi connectivity index (χ1n) is 6.07. The third-order valence-electron chi connectivity index (χ3n) is 2.77. The molecule has 108 valence electrons. The van der Waals surface area contributed by atoms with E-state index in [0.717, 1.165) is 11.3 Å². The van der Waals surface area contributed by atoms with Gasteiger partial charge in [-0.2, -0.15) is 5.10 Å². The van der Waals surface area contributed by atoms with Gasteiger partial charge < -0.3 is 15.2 Å². The molecule has 0 saturated heterocycles. The van der Waals surface area contributed by atoms with Gasteiger partial charge in [0.05, 0.1) is 24.8 Å². The Labute approximate surface area is 117 Å². The molecule has 1 atom stereocenters. The van der Waals surface area contributed by atoms with Crippen LogP contribution in [0.2, 0.25) is 5.15 Å². The van der Waals surface area contributed by atoms with Crippen LogP contribution in [0.25, 0.3) is 0 Å². The van der Waals surface area contributed by atoms with E-state index < -0.39 is 6.10 Å². The number of rotatable bonds is 7. The number of hydrogen-bond donors (Lipinski definition) is 2. The van der Waals surface area contributed by atoms with Gasteiger partial charge in [0.1, 0.15) is 5.15 Å². The van der Waals surface area contributed by atoms with E-state index in [9.17, 15) is 9.90 Å². The third kappa shape index (κ3) is 4.81. The highest BCUT2D eigenvalue weighted by molar-refractivity contribution is 6.30. The minimum absolute atomic E-state index is 0.136. The maximum atomic E-state index is 11.7. The average molecular weight is 290 g/mol. The molecule has 0 aliphatic carbocycles. The molecular weight excluding hydrogens is 270 g/mol. The van der Waals surface area contributed by atoms with Crippen molar-refractivity contribution in [2.24, 2.45) is 7.05 Å². The number of aromatic nitrogens is 2. The van der Waals surface area contributed by atoms with Crippen LogP contribution in [-0.4, -0.2) is 47.2 Å². The molecule has 1 aromatic rings. The average Bonchev–Trinajstić information content (AvgIpc) is 2.56. The van der Waals surface area contributed by atoms with Crippen molar-refractivity contribution in [3.05, 3.63) is 16.4 Å². The second kappa shape index (κ2) is 7.47. The standard InChI is InChI=1S/C12H20ClN3O3/c1-8-10(12(13)16(2)15-8)6-11(18)14-5-4-9(17)7-19-3/h9,17H,4-7H2,1-3H3,(H,14,18). The highest BCUT2D eigenvalue weighted by Crippen LogP contribution is 2.18. The first-order valence-corrected chi connectivity index (χ1v) is 6.45. The van der Waals surface area contributed by atoms with Crippen LogP contribution in [0.3, 0.4) is 0 Å². The lowest BCUT2D eigenvalue weighted by molar-refractivity contribution is -0.120. The van der Waals surface area contributed by atoms with E-state index in [0.29, 0.717) is 18.1 Å². The predicted molar refractivity (Wildman–Crippen MR) is 72.2 cm³/mol. The molecule has 1 rings (SSSR count). The largest absolute Gasteiger partial charge is 0.391 e. The molecule has 1 amide bonds. The van der Waals surface area contributed by atoms with Crippen LogP contribution in [0.4, 0.5) is 0 Å². The van der Waals surface area contributed by atoms with E-state index in [4.69, 9.17) is 16.3 Å². The predicted octanol–water partition coefficient (Wildman–Crippen LogP) is 0.438. The number of aliphatic hydroxyl groups excluding tert-OH is 1. The van der Waals surface area contributed by atoms with Crippen LogP contribution in [0.1, 0.15) is 17.7 Å². The molecule has 0 bridgehead atoms. The summed E-state index contributed by atoms with van der Waals surface area (Å²) in [6.45, 7) is 2.49. The molecule has 0 fully saturated rings. The first kappa shape index (κ1) is 15.9. The van der Waals surface area contributed by atoms with Crippen molar-refractivity contribution >= 4 is 17.5 Å². The number of hydrogen-bond acceptors (Lipinski definition) is 4. The highest BCUT2D eigenvalue weighted by atomic mass is 35.5. The van der Waals surface area contributed by atoms with Gasteiger partial charge in [0, 0.05) is 26.3 Å². The number of amides is 1. The zero-order valence-electron chi connectivity index (χ0n) is 11.4. The number of nitrogens with zero attached hydrogens (tertiary/aromatic N) is 2. The second-order valence-corrected chi connectivity index (χ2v) is 4.76. The summed E-state index contributed by atoms with van der Waals surface area (Å²) >= 11 is 6.05. The number of ether oxygens (including phenoxy) is 1. The maximum absolute atomic E-state index is 11.7. The number of nitrogens with one attached hydrogen (secondary N) is 1.